The van der Waals surface area contributed by atoms with Gasteiger partial charge in [0.2, 0.25) is 0 Å². The van der Waals surface area contributed by atoms with Gasteiger partial charge in [0.05, 0.1) is 5.52 Å². The lowest BCUT2D eigenvalue weighted by molar-refractivity contribution is 0.643. The Kier molecular flexibility index (Phi) is 2.67. The molecule has 1 unspecified atom stereocenters. The number of aromatic nitrogens is 1. The van der Waals surface area contributed by atoms with E-state index in [1.54, 1.807) is 0 Å². The van der Waals surface area contributed by atoms with Gasteiger partial charge in [-0.1, -0.05) is 18.2 Å². The van der Waals surface area contributed by atoms with Crippen molar-refractivity contribution in [2.24, 2.45) is 11.7 Å². The van der Waals surface area contributed by atoms with Crippen LogP contribution in [0.25, 0.3) is 10.9 Å². The van der Waals surface area contributed by atoms with E-state index in [1.807, 2.05) is 0 Å². The van der Waals surface area contributed by atoms with Crippen LogP contribution >= 0.6 is 0 Å². The Morgan fingerprint density at radius 2 is 2.18 bits per heavy atom. The van der Waals surface area contributed by atoms with E-state index in [0.717, 1.165) is 12.3 Å². The molecular formula is C15H20N2. The highest BCUT2D eigenvalue weighted by molar-refractivity contribution is 5.83. The molecule has 3 rings (SSSR count). The van der Waals surface area contributed by atoms with Crippen LogP contribution in [0.3, 0.4) is 0 Å². The number of fused-ring (bicyclic) bond motifs is 1. The molecule has 1 atom stereocenters. The lowest BCUT2D eigenvalue weighted by atomic mass is 10.0. The van der Waals surface area contributed by atoms with E-state index < -0.39 is 0 Å². The monoisotopic (exact) mass is 228 g/mol. The molecule has 0 radical (unpaired) electrons. The predicted octanol–water partition coefficient (Wildman–Crippen LogP) is 2.94. The number of para-hydroxylation sites is 1. The van der Waals surface area contributed by atoms with E-state index in [2.05, 4.69) is 42.0 Å². The van der Waals surface area contributed by atoms with Crippen molar-refractivity contribution in [2.45, 2.75) is 38.8 Å². The maximum atomic E-state index is 5.94. The molecule has 0 aliphatic heterocycles. The zero-order valence-corrected chi connectivity index (χ0v) is 10.4. The Hall–Kier alpha value is -1.28. The molecule has 1 aromatic heterocycles. The fourth-order valence-electron chi connectivity index (χ4n) is 2.58. The Labute approximate surface area is 102 Å². The van der Waals surface area contributed by atoms with E-state index in [0.29, 0.717) is 0 Å². The highest BCUT2D eigenvalue weighted by Gasteiger charge is 2.22. The van der Waals surface area contributed by atoms with Gasteiger partial charge in [-0.25, -0.2) is 0 Å². The highest BCUT2D eigenvalue weighted by atomic mass is 15.0. The summed E-state index contributed by atoms with van der Waals surface area (Å²) in [5.74, 6) is 0.911. The van der Waals surface area contributed by atoms with Gasteiger partial charge in [-0.2, -0.15) is 0 Å². The zero-order chi connectivity index (χ0) is 11.8. The molecule has 90 valence electrons. The third-order valence-corrected chi connectivity index (χ3v) is 3.57. The summed E-state index contributed by atoms with van der Waals surface area (Å²) in [5.41, 5.74) is 8.73. The summed E-state index contributed by atoms with van der Waals surface area (Å²) in [4.78, 5) is 0. The zero-order valence-electron chi connectivity index (χ0n) is 10.4. The van der Waals surface area contributed by atoms with Crippen molar-refractivity contribution in [3.63, 3.8) is 0 Å². The molecule has 0 spiro atoms. The second kappa shape index (κ2) is 4.19. The van der Waals surface area contributed by atoms with Crippen molar-refractivity contribution < 1.29 is 0 Å². The van der Waals surface area contributed by atoms with Gasteiger partial charge in [-0.05, 0) is 49.1 Å². The Morgan fingerprint density at radius 3 is 2.88 bits per heavy atom. The first-order chi connectivity index (χ1) is 8.24. The van der Waals surface area contributed by atoms with Gasteiger partial charge in [0.25, 0.3) is 0 Å². The smallest absolute Gasteiger partial charge is 0.0513 e. The standard InChI is InChI=1S/C15H20N2/c1-11(16)9-14-4-2-3-13-7-8-17(15(13)14)10-12-5-6-12/h2-4,7-8,11-12H,5-6,9-10,16H2,1H3. The predicted molar refractivity (Wildman–Crippen MR) is 72.0 cm³/mol. The number of benzene rings is 1. The minimum atomic E-state index is 0.227. The van der Waals surface area contributed by atoms with Crippen LogP contribution in [0.2, 0.25) is 0 Å². The maximum Gasteiger partial charge on any atom is 0.0513 e. The first-order valence-electron chi connectivity index (χ1n) is 6.56. The normalized spacial score (nSPS) is 17.5. The van der Waals surface area contributed by atoms with Gasteiger partial charge < -0.3 is 10.3 Å². The first kappa shape index (κ1) is 10.8. The average molecular weight is 228 g/mol. The van der Waals surface area contributed by atoms with Crippen molar-refractivity contribution in [2.75, 3.05) is 0 Å². The molecule has 0 amide bonds. The van der Waals surface area contributed by atoms with Crippen molar-refractivity contribution >= 4 is 10.9 Å². The topological polar surface area (TPSA) is 30.9 Å². The number of hydrogen-bond acceptors (Lipinski definition) is 1. The molecule has 1 heterocycles. The van der Waals surface area contributed by atoms with Gasteiger partial charge >= 0.3 is 0 Å². The fourth-order valence-corrected chi connectivity index (χ4v) is 2.58. The largest absolute Gasteiger partial charge is 0.347 e. The molecule has 1 saturated carbocycles. The van der Waals surface area contributed by atoms with Crippen LogP contribution in [0, 0.1) is 5.92 Å². The summed E-state index contributed by atoms with van der Waals surface area (Å²) in [5, 5.41) is 1.35. The summed E-state index contributed by atoms with van der Waals surface area (Å²) in [6.07, 6.45) is 5.99. The molecule has 1 aliphatic carbocycles. The maximum absolute atomic E-state index is 5.94. The Balaban J connectivity index is 2.03. The summed E-state index contributed by atoms with van der Waals surface area (Å²) >= 11 is 0. The van der Waals surface area contributed by atoms with Crippen molar-refractivity contribution in [1.82, 2.24) is 4.57 Å². The number of nitrogens with zero attached hydrogens (tertiary/aromatic N) is 1. The SMILES string of the molecule is CC(N)Cc1cccc2ccn(CC3CC3)c12. The number of nitrogens with two attached hydrogens (primary N) is 1. The minimum Gasteiger partial charge on any atom is -0.347 e. The van der Waals surface area contributed by atoms with E-state index in [9.17, 15) is 0 Å². The summed E-state index contributed by atoms with van der Waals surface area (Å²) < 4.78 is 2.42. The molecule has 1 aliphatic rings. The van der Waals surface area contributed by atoms with Crippen LogP contribution in [0.4, 0.5) is 0 Å². The molecule has 2 aromatic rings. The van der Waals surface area contributed by atoms with Crippen LogP contribution in [0.15, 0.2) is 30.5 Å². The summed E-state index contributed by atoms with van der Waals surface area (Å²) in [7, 11) is 0. The van der Waals surface area contributed by atoms with E-state index in [1.165, 1.54) is 35.9 Å². The minimum absolute atomic E-state index is 0.227. The second-order valence-electron chi connectivity index (χ2n) is 5.45. The fraction of sp³-hybridized carbons (Fsp3) is 0.467. The number of hydrogen-bond donors (Lipinski definition) is 1. The van der Waals surface area contributed by atoms with Crippen molar-refractivity contribution in [1.29, 1.82) is 0 Å². The Bertz CT molecular complexity index is 521. The average Bonchev–Trinajstić information content (AvgIpc) is 2.99. The quantitative estimate of drug-likeness (QED) is 0.857. The third-order valence-electron chi connectivity index (χ3n) is 3.57. The second-order valence-corrected chi connectivity index (χ2v) is 5.45. The lowest BCUT2D eigenvalue weighted by Gasteiger charge is -2.11. The molecular weight excluding hydrogens is 208 g/mol. The summed E-state index contributed by atoms with van der Waals surface area (Å²) in [6.45, 7) is 3.26. The highest BCUT2D eigenvalue weighted by Crippen LogP contribution is 2.32. The van der Waals surface area contributed by atoms with Gasteiger partial charge in [0.1, 0.15) is 0 Å². The molecule has 1 aromatic carbocycles. The van der Waals surface area contributed by atoms with E-state index in [-0.39, 0.29) is 6.04 Å². The van der Waals surface area contributed by atoms with Crippen LogP contribution in [-0.2, 0) is 13.0 Å². The molecule has 1 fully saturated rings. The van der Waals surface area contributed by atoms with Crippen LogP contribution in [-0.4, -0.2) is 10.6 Å². The lowest BCUT2D eigenvalue weighted by Crippen LogP contribution is -2.18. The van der Waals surface area contributed by atoms with Gasteiger partial charge in [0, 0.05) is 18.8 Å². The van der Waals surface area contributed by atoms with Gasteiger partial charge in [-0.3, -0.25) is 0 Å². The van der Waals surface area contributed by atoms with Crippen molar-refractivity contribution in [3.05, 3.63) is 36.0 Å². The molecule has 0 saturated heterocycles. The third kappa shape index (κ3) is 2.22. The van der Waals surface area contributed by atoms with Gasteiger partial charge in [0.15, 0.2) is 0 Å². The number of rotatable bonds is 4. The molecule has 17 heavy (non-hydrogen) atoms. The molecule has 2 N–H and O–H groups in total. The summed E-state index contributed by atoms with van der Waals surface area (Å²) in [6, 6.07) is 9.01. The first-order valence-corrected chi connectivity index (χ1v) is 6.56. The van der Waals surface area contributed by atoms with Gasteiger partial charge in [-0.15, -0.1) is 0 Å². The molecule has 2 nitrogen and oxygen atoms in total. The van der Waals surface area contributed by atoms with E-state index in [4.69, 9.17) is 5.73 Å². The Morgan fingerprint density at radius 1 is 1.35 bits per heavy atom. The van der Waals surface area contributed by atoms with Crippen LogP contribution < -0.4 is 5.73 Å². The molecule has 0 bridgehead atoms. The van der Waals surface area contributed by atoms with E-state index >= 15 is 0 Å². The molecule has 2 heteroatoms. The van der Waals surface area contributed by atoms with Crippen molar-refractivity contribution in [3.8, 4) is 0 Å². The van der Waals surface area contributed by atoms with Crippen LogP contribution in [0.5, 0.6) is 0 Å². The van der Waals surface area contributed by atoms with Crippen LogP contribution in [0.1, 0.15) is 25.3 Å².